The number of ether oxygens (including phenoxy) is 1. The number of rotatable bonds is 6. The van der Waals surface area contributed by atoms with Crippen LogP contribution in [0.2, 0.25) is 0 Å². The average molecular weight is 470 g/mol. The van der Waals surface area contributed by atoms with E-state index in [0.29, 0.717) is 0 Å². The van der Waals surface area contributed by atoms with Gasteiger partial charge in [-0.15, -0.1) is 0 Å². The number of hydrogen-bond acceptors (Lipinski definition) is 5. The standard InChI is InChI=1S/C21H21F3N2O5S/c1-2-32(29,30)26-12-15-6-4-3-5-14(15)11-18(26)20(28)31-13-19(27)25-17-9-7-16(8-10-17)21(22,23)24/h3-10,18H,2,11-13H2,1H3,(H,25,27)/t18-/m1/s1. The van der Waals surface area contributed by atoms with Crippen molar-refractivity contribution in [3.05, 3.63) is 65.2 Å². The molecular formula is C21H21F3N2O5S. The Morgan fingerprint density at radius 1 is 1.09 bits per heavy atom. The van der Waals surface area contributed by atoms with Crippen LogP contribution in [0, 0.1) is 0 Å². The van der Waals surface area contributed by atoms with Gasteiger partial charge in [0.1, 0.15) is 6.04 Å². The molecule has 11 heteroatoms. The number of fused-ring (bicyclic) bond motifs is 1. The predicted molar refractivity (Wildman–Crippen MR) is 110 cm³/mol. The van der Waals surface area contributed by atoms with Crippen LogP contribution >= 0.6 is 0 Å². The number of alkyl halides is 3. The van der Waals surface area contributed by atoms with Crippen LogP contribution in [-0.2, 0) is 43.5 Å². The fourth-order valence-electron chi connectivity index (χ4n) is 3.33. The average Bonchev–Trinajstić information content (AvgIpc) is 2.76. The zero-order valence-electron chi connectivity index (χ0n) is 17.1. The van der Waals surface area contributed by atoms with Crippen molar-refractivity contribution in [2.45, 2.75) is 32.1 Å². The molecule has 0 saturated heterocycles. The molecule has 0 fully saturated rings. The SMILES string of the molecule is CCS(=O)(=O)N1Cc2ccccc2C[C@@H]1C(=O)OCC(=O)Nc1ccc(C(F)(F)F)cc1. The molecule has 32 heavy (non-hydrogen) atoms. The van der Waals surface area contributed by atoms with Crippen molar-refractivity contribution >= 4 is 27.6 Å². The predicted octanol–water partition coefficient (Wildman–Crippen LogP) is 2.96. The fourth-order valence-corrected chi connectivity index (χ4v) is 4.55. The van der Waals surface area contributed by atoms with Gasteiger partial charge in [0, 0.05) is 18.7 Å². The smallest absolute Gasteiger partial charge is 0.416 e. The number of esters is 1. The van der Waals surface area contributed by atoms with Crippen LogP contribution in [0.4, 0.5) is 18.9 Å². The topological polar surface area (TPSA) is 92.8 Å². The van der Waals surface area contributed by atoms with E-state index >= 15 is 0 Å². The van der Waals surface area contributed by atoms with E-state index in [9.17, 15) is 31.2 Å². The van der Waals surface area contributed by atoms with Crippen molar-refractivity contribution in [2.75, 3.05) is 17.7 Å². The van der Waals surface area contributed by atoms with Gasteiger partial charge in [-0.1, -0.05) is 24.3 Å². The first kappa shape index (κ1) is 23.7. The lowest BCUT2D eigenvalue weighted by Gasteiger charge is -2.34. The molecule has 1 N–H and O–H groups in total. The molecular weight excluding hydrogens is 449 g/mol. The molecule has 7 nitrogen and oxygen atoms in total. The Labute approximate surface area is 183 Å². The summed E-state index contributed by atoms with van der Waals surface area (Å²) in [5.41, 5.74) is 0.831. The fraction of sp³-hybridized carbons (Fsp3) is 0.333. The molecule has 0 saturated carbocycles. The molecule has 0 unspecified atom stereocenters. The van der Waals surface area contributed by atoms with Gasteiger partial charge in [-0.25, -0.2) is 8.42 Å². The minimum Gasteiger partial charge on any atom is -0.454 e. The van der Waals surface area contributed by atoms with E-state index in [1.807, 2.05) is 0 Å². The van der Waals surface area contributed by atoms with E-state index in [4.69, 9.17) is 4.74 Å². The van der Waals surface area contributed by atoms with Crippen molar-refractivity contribution in [3.8, 4) is 0 Å². The summed E-state index contributed by atoms with van der Waals surface area (Å²) in [7, 11) is -3.72. The summed E-state index contributed by atoms with van der Waals surface area (Å²) in [5, 5.41) is 2.33. The highest BCUT2D eigenvalue weighted by molar-refractivity contribution is 7.89. The summed E-state index contributed by atoms with van der Waals surface area (Å²) in [5.74, 6) is -1.84. The van der Waals surface area contributed by atoms with Crippen molar-refractivity contribution in [1.29, 1.82) is 0 Å². The van der Waals surface area contributed by atoms with Gasteiger partial charge in [0.2, 0.25) is 10.0 Å². The summed E-state index contributed by atoms with van der Waals surface area (Å²) in [6.45, 7) is 0.775. The van der Waals surface area contributed by atoms with E-state index in [1.165, 1.54) is 6.92 Å². The molecule has 0 bridgehead atoms. The largest absolute Gasteiger partial charge is 0.454 e. The Morgan fingerprint density at radius 3 is 2.31 bits per heavy atom. The molecule has 0 radical (unpaired) electrons. The summed E-state index contributed by atoms with van der Waals surface area (Å²) in [6, 6.07) is 9.81. The highest BCUT2D eigenvalue weighted by Crippen LogP contribution is 2.30. The third-order valence-corrected chi connectivity index (χ3v) is 6.87. The number of benzene rings is 2. The molecule has 2 aromatic rings. The van der Waals surface area contributed by atoms with E-state index in [1.54, 1.807) is 24.3 Å². The van der Waals surface area contributed by atoms with Crippen LogP contribution in [0.25, 0.3) is 0 Å². The highest BCUT2D eigenvalue weighted by atomic mass is 32.2. The Hall–Kier alpha value is -2.92. The third kappa shape index (κ3) is 5.46. The maximum atomic E-state index is 12.7. The molecule has 172 valence electrons. The lowest BCUT2D eigenvalue weighted by molar-refractivity contribution is -0.151. The summed E-state index contributed by atoms with van der Waals surface area (Å²) >= 11 is 0. The van der Waals surface area contributed by atoms with E-state index in [2.05, 4.69) is 5.32 Å². The monoisotopic (exact) mass is 470 g/mol. The quantitative estimate of drug-likeness (QED) is 0.656. The van der Waals surface area contributed by atoms with Crippen molar-refractivity contribution in [2.24, 2.45) is 0 Å². The summed E-state index contributed by atoms with van der Waals surface area (Å²) < 4.78 is 69.0. The van der Waals surface area contributed by atoms with Gasteiger partial charge in [0.25, 0.3) is 5.91 Å². The third-order valence-electron chi connectivity index (χ3n) is 5.04. The highest BCUT2D eigenvalue weighted by Gasteiger charge is 2.39. The number of nitrogens with one attached hydrogen (secondary N) is 1. The Kier molecular flexibility index (Phi) is 6.89. The molecule has 2 aromatic carbocycles. The second kappa shape index (κ2) is 9.29. The van der Waals surface area contributed by atoms with Gasteiger partial charge in [-0.05, 0) is 42.3 Å². The minimum absolute atomic E-state index is 0.0177. The number of carbonyl (C=O) groups excluding carboxylic acids is 2. The number of amides is 1. The number of sulfonamides is 1. The van der Waals surface area contributed by atoms with Gasteiger partial charge in [0.15, 0.2) is 6.61 Å². The van der Waals surface area contributed by atoms with E-state index in [-0.39, 0.29) is 24.4 Å². The van der Waals surface area contributed by atoms with Crippen LogP contribution < -0.4 is 5.32 Å². The second-order valence-electron chi connectivity index (χ2n) is 7.17. The Balaban J connectivity index is 1.65. The van der Waals surface area contributed by atoms with Gasteiger partial charge >= 0.3 is 12.1 Å². The molecule has 1 heterocycles. The summed E-state index contributed by atoms with van der Waals surface area (Å²) in [4.78, 5) is 24.7. The molecule has 0 aliphatic carbocycles. The van der Waals surface area contributed by atoms with Crippen LogP contribution in [-0.4, -0.2) is 43.0 Å². The minimum atomic E-state index is -4.50. The van der Waals surface area contributed by atoms with Crippen molar-refractivity contribution in [1.82, 2.24) is 4.31 Å². The van der Waals surface area contributed by atoms with Crippen molar-refractivity contribution < 1.29 is 35.9 Å². The van der Waals surface area contributed by atoms with Gasteiger partial charge in [0.05, 0.1) is 11.3 Å². The maximum Gasteiger partial charge on any atom is 0.416 e. The van der Waals surface area contributed by atoms with Crippen LogP contribution in [0.3, 0.4) is 0 Å². The Bertz CT molecular complexity index is 1100. The molecule has 1 atom stereocenters. The number of anilines is 1. The van der Waals surface area contributed by atoms with Crippen LogP contribution in [0.5, 0.6) is 0 Å². The van der Waals surface area contributed by atoms with Gasteiger partial charge in [-0.3, -0.25) is 9.59 Å². The zero-order chi connectivity index (χ0) is 23.5. The first-order chi connectivity index (χ1) is 15.0. The molecule has 1 aliphatic heterocycles. The van der Waals surface area contributed by atoms with E-state index in [0.717, 1.165) is 39.7 Å². The first-order valence-electron chi connectivity index (χ1n) is 9.71. The molecule has 1 amide bonds. The summed E-state index contributed by atoms with van der Waals surface area (Å²) in [6.07, 6.45) is -4.39. The van der Waals surface area contributed by atoms with Crippen LogP contribution in [0.1, 0.15) is 23.6 Å². The molecule has 3 rings (SSSR count). The molecule has 1 aliphatic rings. The second-order valence-corrected chi connectivity index (χ2v) is 9.38. The first-order valence-corrected chi connectivity index (χ1v) is 11.3. The lowest BCUT2D eigenvalue weighted by atomic mass is 9.96. The zero-order valence-corrected chi connectivity index (χ0v) is 17.9. The molecule has 0 aromatic heterocycles. The lowest BCUT2D eigenvalue weighted by Crippen LogP contribution is -2.50. The van der Waals surface area contributed by atoms with Gasteiger partial charge < -0.3 is 10.1 Å². The van der Waals surface area contributed by atoms with Gasteiger partial charge in [-0.2, -0.15) is 17.5 Å². The van der Waals surface area contributed by atoms with E-state index < -0.39 is 46.3 Å². The number of hydrogen-bond donors (Lipinski definition) is 1. The molecule has 0 spiro atoms. The number of carbonyl (C=O) groups is 2. The normalized spacial score (nSPS) is 16.8. The number of halogens is 3. The Morgan fingerprint density at radius 2 is 1.72 bits per heavy atom. The van der Waals surface area contributed by atoms with Crippen molar-refractivity contribution in [3.63, 3.8) is 0 Å². The number of nitrogens with zero attached hydrogens (tertiary/aromatic N) is 1. The van der Waals surface area contributed by atoms with Crippen LogP contribution in [0.15, 0.2) is 48.5 Å². The maximum absolute atomic E-state index is 12.7.